The molecular formula is C23H36N6O2. The van der Waals surface area contributed by atoms with Crippen LogP contribution in [0.3, 0.4) is 0 Å². The first-order valence-corrected chi connectivity index (χ1v) is 11.6. The van der Waals surface area contributed by atoms with Crippen LogP contribution >= 0.6 is 0 Å². The maximum Gasteiger partial charge on any atom is 0.194 e. The molecule has 31 heavy (non-hydrogen) atoms. The first-order chi connectivity index (χ1) is 15.3. The van der Waals surface area contributed by atoms with Crippen molar-refractivity contribution in [2.24, 2.45) is 10.9 Å². The van der Waals surface area contributed by atoms with E-state index in [9.17, 15) is 0 Å². The Hall–Kier alpha value is -2.32. The zero-order valence-corrected chi connectivity index (χ0v) is 18.7. The Balaban J connectivity index is 1.35. The van der Waals surface area contributed by atoms with E-state index < -0.39 is 0 Å². The third-order valence-corrected chi connectivity index (χ3v) is 6.36. The van der Waals surface area contributed by atoms with Gasteiger partial charge in [0.15, 0.2) is 5.96 Å². The van der Waals surface area contributed by atoms with Crippen LogP contribution in [-0.2, 0) is 11.2 Å². The second kappa shape index (κ2) is 11.3. The first kappa shape index (κ1) is 21.9. The monoisotopic (exact) mass is 428 g/mol. The lowest BCUT2D eigenvalue weighted by molar-refractivity contribution is 0.0377. The maximum atomic E-state index is 5.49. The minimum atomic E-state index is 0.418. The predicted molar refractivity (Wildman–Crippen MR) is 121 cm³/mol. The number of hydrogen-bond donors (Lipinski definition) is 1. The number of aliphatic imine (C=N–C) groups is 1. The number of imidazole rings is 1. The molecule has 2 atom stereocenters. The number of morpholine rings is 1. The third kappa shape index (κ3) is 6.33. The number of furan rings is 1. The van der Waals surface area contributed by atoms with Crippen molar-refractivity contribution in [3.8, 4) is 0 Å². The van der Waals surface area contributed by atoms with Gasteiger partial charge >= 0.3 is 0 Å². The van der Waals surface area contributed by atoms with Crippen molar-refractivity contribution in [3.05, 3.63) is 42.9 Å². The zero-order chi connectivity index (χ0) is 21.3. The van der Waals surface area contributed by atoms with Gasteiger partial charge in [-0.2, -0.15) is 0 Å². The molecule has 1 N–H and O–H groups in total. The van der Waals surface area contributed by atoms with E-state index >= 15 is 0 Å². The van der Waals surface area contributed by atoms with Gasteiger partial charge in [0.25, 0.3) is 0 Å². The van der Waals surface area contributed by atoms with E-state index in [0.29, 0.717) is 12.0 Å². The van der Waals surface area contributed by atoms with Crippen molar-refractivity contribution in [1.29, 1.82) is 0 Å². The summed E-state index contributed by atoms with van der Waals surface area (Å²) in [6, 6.07) is 4.39. The summed E-state index contributed by atoms with van der Waals surface area (Å²) in [5, 5.41) is 3.60. The number of aromatic nitrogens is 2. The topological polar surface area (TPSA) is 71.1 Å². The molecule has 2 aliphatic heterocycles. The highest BCUT2D eigenvalue weighted by molar-refractivity contribution is 5.80. The van der Waals surface area contributed by atoms with E-state index in [0.717, 1.165) is 90.0 Å². The molecular weight excluding hydrogens is 392 g/mol. The summed E-state index contributed by atoms with van der Waals surface area (Å²) in [6.45, 7) is 10.8. The highest BCUT2D eigenvalue weighted by atomic mass is 16.5. The Labute approximate surface area is 185 Å². The van der Waals surface area contributed by atoms with E-state index in [1.165, 1.54) is 0 Å². The Morgan fingerprint density at radius 2 is 2.19 bits per heavy atom. The Kier molecular flexibility index (Phi) is 8.01. The molecule has 2 unspecified atom stereocenters. The standard InChI is InChI=1S/C23H36N6O2/c1-20-6-11-28(18-22(20)29-12-9-24-19-29)23(26-8-5-21-4-2-15-31-21)25-7-3-10-27-13-16-30-17-14-27/h2,4,9,12,15,19-20,22H,3,5-8,10-11,13-14,16-18H2,1H3,(H,25,26). The molecule has 2 aromatic heterocycles. The van der Waals surface area contributed by atoms with Gasteiger partial charge in [-0.1, -0.05) is 6.92 Å². The van der Waals surface area contributed by atoms with Gasteiger partial charge in [-0.05, 0) is 30.9 Å². The smallest absolute Gasteiger partial charge is 0.194 e. The number of nitrogens with one attached hydrogen (secondary N) is 1. The van der Waals surface area contributed by atoms with E-state index in [2.05, 4.69) is 37.8 Å². The fraction of sp³-hybridized carbons (Fsp3) is 0.652. The normalized spacial score (nSPS) is 23.3. The second-order valence-corrected chi connectivity index (χ2v) is 8.56. The van der Waals surface area contributed by atoms with Gasteiger partial charge in [0.05, 0.1) is 31.8 Å². The molecule has 0 aromatic carbocycles. The van der Waals surface area contributed by atoms with Gasteiger partial charge in [0.1, 0.15) is 5.76 Å². The van der Waals surface area contributed by atoms with Crippen molar-refractivity contribution in [1.82, 2.24) is 24.7 Å². The van der Waals surface area contributed by atoms with Gasteiger partial charge in [-0.15, -0.1) is 0 Å². The second-order valence-electron chi connectivity index (χ2n) is 8.56. The van der Waals surface area contributed by atoms with E-state index in [-0.39, 0.29) is 0 Å². The molecule has 0 amide bonds. The fourth-order valence-corrected chi connectivity index (χ4v) is 4.42. The van der Waals surface area contributed by atoms with Crippen molar-refractivity contribution < 1.29 is 9.15 Å². The SMILES string of the molecule is CC1CCN(C(=NCCCN2CCOCC2)NCCc2ccco2)CC1n1ccnc1. The lowest BCUT2D eigenvalue weighted by Crippen LogP contribution is -2.49. The molecule has 0 radical (unpaired) electrons. The van der Waals surface area contributed by atoms with Gasteiger partial charge in [-0.3, -0.25) is 9.89 Å². The van der Waals surface area contributed by atoms with E-state index in [1.807, 2.05) is 24.7 Å². The maximum absolute atomic E-state index is 5.49. The largest absolute Gasteiger partial charge is 0.469 e. The molecule has 2 fully saturated rings. The predicted octanol–water partition coefficient (Wildman–Crippen LogP) is 2.27. The van der Waals surface area contributed by atoms with Gasteiger partial charge < -0.3 is 23.9 Å². The lowest BCUT2D eigenvalue weighted by Gasteiger charge is -2.39. The van der Waals surface area contributed by atoms with Gasteiger partial charge in [0, 0.05) is 64.6 Å². The van der Waals surface area contributed by atoms with Crippen LogP contribution < -0.4 is 5.32 Å². The van der Waals surface area contributed by atoms with Crippen LogP contribution in [-0.4, -0.2) is 84.3 Å². The van der Waals surface area contributed by atoms with Crippen molar-refractivity contribution in [2.45, 2.75) is 32.2 Å². The molecule has 0 saturated carbocycles. The molecule has 4 rings (SSSR count). The van der Waals surface area contributed by atoms with Crippen LogP contribution in [0, 0.1) is 5.92 Å². The Morgan fingerprint density at radius 1 is 1.29 bits per heavy atom. The first-order valence-electron chi connectivity index (χ1n) is 11.6. The third-order valence-electron chi connectivity index (χ3n) is 6.36. The van der Waals surface area contributed by atoms with Crippen molar-refractivity contribution in [2.75, 3.05) is 59.0 Å². The van der Waals surface area contributed by atoms with Crippen LogP contribution in [0.5, 0.6) is 0 Å². The molecule has 8 nitrogen and oxygen atoms in total. The Morgan fingerprint density at radius 3 is 2.97 bits per heavy atom. The van der Waals surface area contributed by atoms with E-state index in [1.54, 1.807) is 6.26 Å². The highest BCUT2D eigenvalue weighted by Crippen LogP contribution is 2.27. The molecule has 0 bridgehead atoms. The quantitative estimate of drug-likeness (QED) is 0.395. The molecule has 2 aliphatic rings. The number of nitrogens with zero attached hydrogens (tertiary/aromatic N) is 5. The number of piperidine rings is 1. The zero-order valence-electron chi connectivity index (χ0n) is 18.7. The Bertz CT molecular complexity index is 770. The number of guanidine groups is 1. The number of ether oxygens (including phenoxy) is 1. The average Bonchev–Trinajstić information content (AvgIpc) is 3.51. The minimum Gasteiger partial charge on any atom is -0.469 e. The van der Waals surface area contributed by atoms with Gasteiger partial charge in [0.2, 0.25) is 0 Å². The van der Waals surface area contributed by atoms with Crippen LogP contribution in [0.2, 0.25) is 0 Å². The summed E-state index contributed by atoms with van der Waals surface area (Å²) in [4.78, 5) is 14.2. The van der Waals surface area contributed by atoms with E-state index in [4.69, 9.17) is 14.1 Å². The van der Waals surface area contributed by atoms with Crippen LogP contribution in [0.4, 0.5) is 0 Å². The number of hydrogen-bond acceptors (Lipinski definition) is 5. The molecule has 8 heteroatoms. The summed E-state index contributed by atoms with van der Waals surface area (Å²) in [5.74, 6) is 2.64. The van der Waals surface area contributed by atoms with Crippen molar-refractivity contribution >= 4 is 5.96 Å². The van der Waals surface area contributed by atoms with Gasteiger partial charge in [-0.25, -0.2) is 4.98 Å². The molecule has 4 heterocycles. The highest BCUT2D eigenvalue weighted by Gasteiger charge is 2.29. The lowest BCUT2D eigenvalue weighted by atomic mass is 9.93. The van der Waals surface area contributed by atoms with Crippen LogP contribution in [0.1, 0.15) is 31.6 Å². The fourth-order valence-electron chi connectivity index (χ4n) is 4.42. The average molecular weight is 429 g/mol. The summed E-state index contributed by atoms with van der Waals surface area (Å²) >= 11 is 0. The van der Waals surface area contributed by atoms with Crippen molar-refractivity contribution in [3.63, 3.8) is 0 Å². The molecule has 2 aromatic rings. The molecule has 2 saturated heterocycles. The molecule has 0 spiro atoms. The van der Waals surface area contributed by atoms with Crippen LogP contribution in [0.25, 0.3) is 0 Å². The summed E-state index contributed by atoms with van der Waals surface area (Å²) in [5.41, 5.74) is 0. The minimum absolute atomic E-state index is 0.418. The van der Waals surface area contributed by atoms with Crippen LogP contribution in [0.15, 0.2) is 46.5 Å². The number of likely N-dealkylation sites (tertiary alicyclic amines) is 1. The molecule has 0 aliphatic carbocycles. The summed E-state index contributed by atoms with van der Waals surface area (Å²) in [6.07, 6.45) is 10.7. The number of rotatable bonds is 8. The summed E-state index contributed by atoms with van der Waals surface area (Å²) < 4.78 is 13.2. The molecule has 170 valence electrons. The summed E-state index contributed by atoms with van der Waals surface area (Å²) in [7, 11) is 0.